The van der Waals surface area contributed by atoms with Gasteiger partial charge in [-0.25, -0.2) is 0 Å². The van der Waals surface area contributed by atoms with Gasteiger partial charge in [0.05, 0.1) is 5.75 Å². The Labute approximate surface area is 119 Å². The molecular formula is C14H22N2O2S. The van der Waals surface area contributed by atoms with Crippen molar-refractivity contribution in [3.05, 3.63) is 29.8 Å². The van der Waals surface area contributed by atoms with E-state index in [1.165, 1.54) is 11.8 Å². The molecule has 5 heteroatoms. The van der Waals surface area contributed by atoms with E-state index in [0.717, 1.165) is 16.9 Å². The number of nitrogens with two attached hydrogens (primary N) is 1. The molecule has 0 heterocycles. The van der Waals surface area contributed by atoms with Gasteiger partial charge in [-0.3, -0.25) is 4.79 Å². The molecule has 0 aliphatic rings. The Morgan fingerprint density at radius 3 is 3.00 bits per heavy atom. The van der Waals surface area contributed by atoms with Gasteiger partial charge in [-0.2, -0.15) is 0 Å². The monoisotopic (exact) mass is 282 g/mol. The molecule has 106 valence electrons. The lowest BCUT2D eigenvalue weighted by molar-refractivity contribution is -0.118. The van der Waals surface area contributed by atoms with Crippen molar-refractivity contribution in [2.45, 2.75) is 24.3 Å². The van der Waals surface area contributed by atoms with Crippen LogP contribution in [0.2, 0.25) is 0 Å². The van der Waals surface area contributed by atoms with E-state index in [2.05, 4.69) is 5.32 Å². The van der Waals surface area contributed by atoms with Crippen LogP contribution in [0.4, 0.5) is 0 Å². The maximum absolute atomic E-state index is 11.6. The number of hydrogen-bond acceptors (Lipinski definition) is 4. The van der Waals surface area contributed by atoms with Gasteiger partial charge >= 0.3 is 0 Å². The van der Waals surface area contributed by atoms with E-state index in [1.807, 2.05) is 31.2 Å². The number of hydrogen-bond donors (Lipinski definition) is 2. The number of nitrogens with one attached hydrogen (secondary N) is 1. The lowest BCUT2D eigenvalue weighted by Gasteiger charge is -2.08. The van der Waals surface area contributed by atoms with Crippen molar-refractivity contribution in [1.29, 1.82) is 0 Å². The van der Waals surface area contributed by atoms with E-state index >= 15 is 0 Å². The molecule has 0 aromatic heterocycles. The molecule has 0 aliphatic heterocycles. The molecule has 0 spiro atoms. The van der Waals surface area contributed by atoms with Crippen molar-refractivity contribution in [2.24, 2.45) is 5.73 Å². The summed E-state index contributed by atoms with van der Waals surface area (Å²) in [6.07, 6.45) is 0.840. The Kier molecular flexibility index (Phi) is 7.55. The minimum absolute atomic E-state index is 0.0171. The van der Waals surface area contributed by atoms with Gasteiger partial charge in [-0.15, -0.1) is 11.8 Å². The van der Waals surface area contributed by atoms with Gasteiger partial charge in [0.15, 0.2) is 0 Å². The summed E-state index contributed by atoms with van der Waals surface area (Å²) >= 11 is 1.53. The van der Waals surface area contributed by atoms with Gasteiger partial charge in [0.1, 0.15) is 0 Å². The van der Waals surface area contributed by atoms with Crippen LogP contribution in [-0.4, -0.2) is 31.9 Å². The first-order valence-electron chi connectivity index (χ1n) is 6.37. The van der Waals surface area contributed by atoms with E-state index in [1.54, 1.807) is 7.11 Å². The molecule has 0 radical (unpaired) electrons. The fraction of sp³-hybridized carbons (Fsp3) is 0.500. The molecule has 0 aliphatic carbocycles. The SMILES string of the molecule is COCCCNC(=O)CSc1cccc(C(C)N)c1. The average molecular weight is 282 g/mol. The molecule has 0 fully saturated rings. The number of amides is 1. The summed E-state index contributed by atoms with van der Waals surface area (Å²) in [5, 5.41) is 2.86. The topological polar surface area (TPSA) is 64.3 Å². The third-order valence-corrected chi connectivity index (χ3v) is 3.60. The molecule has 19 heavy (non-hydrogen) atoms. The number of carbonyl (C=O) groups is 1. The van der Waals surface area contributed by atoms with Crippen molar-refractivity contribution in [3.63, 3.8) is 0 Å². The number of rotatable bonds is 8. The van der Waals surface area contributed by atoms with Gasteiger partial charge in [-0.1, -0.05) is 12.1 Å². The predicted octanol–water partition coefficient (Wildman–Crippen LogP) is 1.95. The molecular weight excluding hydrogens is 260 g/mol. The molecule has 4 nitrogen and oxygen atoms in total. The van der Waals surface area contributed by atoms with Crippen molar-refractivity contribution < 1.29 is 9.53 Å². The summed E-state index contributed by atoms with van der Waals surface area (Å²) in [5.41, 5.74) is 6.92. The normalized spacial score (nSPS) is 12.2. The van der Waals surface area contributed by atoms with E-state index in [-0.39, 0.29) is 11.9 Å². The highest BCUT2D eigenvalue weighted by molar-refractivity contribution is 8.00. The first kappa shape index (κ1) is 16.0. The summed E-state index contributed by atoms with van der Waals surface area (Å²) < 4.78 is 4.92. The first-order valence-corrected chi connectivity index (χ1v) is 7.36. The first-order chi connectivity index (χ1) is 9.13. The van der Waals surface area contributed by atoms with Gasteiger partial charge < -0.3 is 15.8 Å². The largest absolute Gasteiger partial charge is 0.385 e. The minimum atomic E-state index is 0.0171. The average Bonchev–Trinajstić information content (AvgIpc) is 2.41. The lowest BCUT2D eigenvalue weighted by Crippen LogP contribution is -2.26. The zero-order chi connectivity index (χ0) is 14.1. The van der Waals surface area contributed by atoms with Crippen LogP contribution in [0.5, 0.6) is 0 Å². The third-order valence-electron chi connectivity index (χ3n) is 2.60. The number of carbonyl (C=O) groups excluding carboxylic acids is 1. The van der Waals surface area contributed by atoms with Crippen molar-refractivity contribution >= 4 is 17.7 Å². The Morgan fingerprint density at radius 2 is 2.32 bits per heavy atom. The zero-order valence-electron chi connectivity index (χ0n) is 11.5. The molecule has 1 aromatic rings. The highest BCUT2D eigenvalue weighted by Crippen LogP contribution is 2.21. The van der Waals surface area contributed by atoms with Crippen molar-refractivity contribution in [3.8, 4) is 0 Å². The number of thioether (sulfide) groups is 1. The quantitative estimate of drug-likeness (QED) is 0.565. The smallest absolute Gasteiger partial charge is 0.230 e. The van der Waals surface area contributed by atoms with Gasteiger partial charge in [0.25, 0.3) is 0 Å². The Bertz CT molecular complexity index is 397. The zero-order valence-corrected chi connectivity index (χ0v) is 12.3. The van der Waals surface area contributed by atoms with E-state index in [4.69, 9.17) is 10.5 Å². The van der Waals surface area contributed by atoms with Gasteiger partial charge in [-0.05, 0) is 31.0 Å². The van der Waals surface area contributed by atoms with Crippen LogP contribution >= 0.6 is 11.8 Å². The summed E-state index contributed by atoms with van der Waals surface area (Å²) in [4.78, 5) is 12.7. The van der Waals surface area contributed by atoms with Crippen LogP contribution in [0.3, 0.4) is 0 Å². The van der Waals surface area contributed by atoms with E-state index < -0.39 is 0 Å². The van der Waals surface area contributed by atoms with E-state index in [9.17, 15) is 4.79 Å². The Morgan fingerprint density at radius 1 is 1.53 bits per heavy atom. The minimum Gasteiger partial charge on any atom is -0.385 e. The van der Waals surface area contributed by atoms with Gasteiger partial charge in [0.2, 0.25) is 5.91 Å². The maximum atomic E-state index is 11.6. The van der Waals surface area contributed by atoms with Crippen LogP contribution in [0.1, 0.15) is 24.9 Å². The number of ether oxygens (including phenoxy) is 1. The number of benzene rings is 1. The lowest BCUT2D eigenvalue weighted by atomic mass is 10.1. The third kappa shape index (κ3) is 6.61. The Balaban J connectivity index is 2.31. The molecule has 1 atom stereocenters. The van der Waals surface area contributed by atoms with Crippen LogP contribution in [0.15, 0.2) is 29.2 Å². The van der Waals surface area contributed by atoms with Crippen LogP contribution < -0.4 is 11.1 Å². The maximum Gasteiger partial charge on any atom is 0.230 e. The summed E-state index contributed by atoms with van der Waals surface area (Å²) in [5.74, 6) is 0.474. The fourth-order valence-electron chi connectivity index (χ4n) is 1.53. The van der Waals surface area contributed by atoms with Crippen LogP contribution in [-0.2, 0) is 9.53 Å². The highest BCUT2D eigenvalue weighted by atomic mass is 32.2. The second-order valence-electron chi connectivity index (χ2n) is 4.35. The Hall–Kier alpha value is -1.04. The molecule has 1 amide bonds. The highest BCUT2D eigenvalue weighted by Gasteiger charge is 2.04. The molecule has 1 aromatic carbocycles. The summed E-state index contributed by atoms with van der Waals surface area (Å²) in [6, 6.07) is 8.02. The van der Waals surface area contributed by atoms with E-state index in [0.29, 0.717) is 18.9 Å². The molecule has 0 bridgehead atoms. The summed E-state index contributed by atoms with van der Waals surface area (Å²) in [6.45, 7) is 3.28. The molecule has 0 saturated heterocycles. The standard InChI is InChI=1S/C14H22N2O2S/c1-11(15)12-5-3-6-13(9-12)19-10-14(17)16-7-4-8-18-2/h3,5-6,9,11H,4,7-8,10,15H2,1-2H3,(H,16,17). The summed E-state index contributed by atoms with van der Waals surface area (Å²) in [7, 11) is 1.66. The second-order valence-corrected chi connectivity index (χ2v) is 5.39. The van der Waals surface area contributed by atoms with Crippen LogP contribution in [0.25, 0.3) is 0 Å². The van der Waals surface area contributed by atoms with Gasteiger partial charge in [0, 0.05) is 31.2 Å². The predicted molar refractivity (Wildman–Crippen MR) is 79.3 cm³/mol. The molecule has 1 unspecified atom stereocenters. The second kappa shape index (κ2) is 8.96. The molecule has 3 N–H and O–H groups in total. The van der Waals surface area contributed by atoms with Crippen molar-refractivity contribution in [2.75, 3.05) is 26.0 Å². The molecule has 0 saturated carbocycles. The fourth-order valence-corrected chi connectivity index (χ4v) is 2.33. The number of methoxy groups -OCH3 is 1. The molecule has 1 rings (SSSR count). The van der Waals surface area contributed by atoms with Crippen LogP contribution in [0, 0.1) is 0 Å². The van der Waals surface area contributed by atoms with Crippen molar-refractivity contribution in [1.82, 2.24) is 5.32 Å².